The van der Waals surface area contributed by atoms with Gasteiger partial charge in [-0.2, -0.15) is 4.98 Å². The molecule has 0 radical (unpaired) electrons. The van der Waals surface area contributed by atoms with Crippen molar-refractivity contribution >= 4 is 11.9 Å². The molecule has 0 saturated heterocycles. The van der Waals surface area contributed by atoms with Crippen LogP contribution in [0.2, 0.25) is 0 Å². The van der Waals surface area contributed by atoms with E-state index in [4.69, 9.17) is 19.1 Å². The van der Waals surface area contributed by atoms with E-state index in [2.05, 4.69) is 10.1 Å². The molecular weight excluding hydrogens is 366 g/mol. The van der Waals surface area contributed by atoms with Gasteiger partial charge in [0.2, 0.25) is 5.89 Å². The Labute approximate surface area is 163 Å². The number of aliphatic carboxylic acids is 1. The van der Waals surface area contributed by atoms with Crippen LogP contribution in [0, 0.1) is 13.8 Å². The number of hydrogen-bond acceptors (Lipinski definition) is 7. The summed E-state index contributed by atoms with van der Waals surface area (Å²) in [6.07, 6.45) is -0.285. The highest BCUT2D eigenvalue weighted by molar-refractivity contribution is 5.94. The number of nitrogens with zero attached hydrogens (tertiary/aromatic N) is 3. The van der Waals surface area contributed by atoms with Gasteiger partial charge in [0, 0.05) is 19.2 Å². The Morgan fingerprint density at radius 2 is 1.93 bits per heavy atom. The van der Waals surface area contributed by atoms with Crippen molar-refractivity contribution in [1.82, 2.24) is 15.0 Å². The van der Waals surface area contributed by atoms with Crippen LogP contribution in [0.25, 0.3) is 0 Å². The van der Waals surface area contributed by atoms with Gasteiger partial charge in [0.1, 0.15) is 11.9 Å². The molecule has 28 heavy (non-hydrogen) atoms. The molecule has 0 aliphatic carbocycles. The average Bonchev–Trinajstić information content (AvgIpc) is 3.08. The second-order valence-electron chi connectivity index (χ2n) is 6.43. The zero-order chi connectivity index (χ0) is 20.8. The molecule has 1 aromatic carbocycles. The van der Waals surface area contributed by atoms with E-state index in [1.807, 2.05) is 13.8 Å². The summed E-state index contributed by atoms with van der Waals surface area (Å²) in [7, 11) is 1.64. The number of ether oxygens (including phenoxy) is 2. The van der Waals surface area contributed by atoms with E-state index in [0.717, 1.165) is 0 Å². The summed E-state index contributed by atoms with van der Waals surface area (Å²) in [4.78, 5) is 29.2. The summed E-state index contributed by atoms with van der Waals surface area (Å²) in [5.74, 6) is -0.0745. The van der Waals surface area contributed by atoms with Gasteiger partial charge >= 0.3 is 5.97 Å². The minimum absolute atomic E-state index is 0.153. The highest BCUT2D eigenvalue weighted by Gasteiger charge is 2.19. The third kappa shape index (κ3) is 5.29. The summed E-state index contributed by atoms with van der Waals surface area (Å²) in [5.41, 5.74) is 1.83. The number of benzene rings is 1. The Balaban J connectivity index is 2.09. The lowest BCUT2D eigenvalue weighted by atomic mass is 10.0. The maximum absolute atomic E-state index is 12.8. The first-order valence-corrected chi connectivity index (χ1v) is 8.88. The normalized spacial score (nSPS) is 11.9. The molecule has 1 amide bonds. The molecule has 0 saturated carbocycles. The van der Waals surface area contributed by atoms with E-state index in [-0.39, 0.29) is 18.6 Å². The van der Waals surface area contributed by atoms with Gasteiger partial charge in [-0.1, -0.05) is 5.16 Å². The zero-order valence-corrected chi connectivity index (χ0v) is 16.7. The lowest BCUT2D eigenvalue weighted by Gasteiger charge is -2.17. The van der Waals surface area contributed by atoms with Crippen molar-refractivity contribution in [3.05, 3.63) is 40.5 Å². The number of aromatic nitrogens is 2. The number of aryl methyl sites for hydroxylation is 2. The molecule has 9 heteroatoms. The van der Waals surface area contributed by atoms with Crippen LogP contribution in [0.5, 0.6) is 5.75 Å². The fourth-order valence-electron chi connectivity index (χ4n) is 2.75. The predicted molar refractivity (Wildman–Crippen MR) is 99.2 cm³/mol. The maximum Gasteiger partial charge on any atom is 0.341 e. The van der Waals surface area contributed by atoms with Crippen LogP contribution in [0.3, 0.4) is 0 Å². The van der Waals surface area contributed by atoms with Crippen LogP contribution in [0.4, 0.5) is 0 Å². The van der Waals surface area contributed by atoms with E-state index < -0.39 is 12.6 Å². The molecule has 152 valence electrons. The van der Waals surface area contributed by atoms with Gasteiger partial charge in [0.05, 0.1) is 6.54 Å². The Hall–Kier alpha value is -2.94. The third-order valence-electron chi connectivity index (χ3n) is 4.03. The second kappa shape index (κ2) is 9.32. The minimum Gasteiger partial charge on any atom is -0.481 e. The highest BCUT2D eigenvalue weighted by atomic mass is 16.5. The Kier molecular flexibility index (Phi) is 7.11. The molecule has 2 rings (SSSR count). The van der Waals surface area contributed by atoms with E-state index in [1.54, 1.807) is 33.0 Å². The summed E-state index contributed by atoms with van der Waals surface area (Å²) >= 11 is 0. The lowest BCUT2D eigenvalue weighted by Crippen LogP contribution is -2.26. The molecule has 9 nitrogen and oxygen atoms in total. The summed E-state index contributed by atoms with van der Waals surface area (Å²) in [6.45, 7) is 7.49. The number of carbonyl (C=O) groups is 2. The SMILES string of the molecule is CCOC(C)c1noc(CN(C)C(=O)c2cc(C)c(OCC(=O)O)c(C)c2)n1. The molecule has 0 aliphatic rings. The highest BCUT2D eigenvalue weighted by Crippen LogP contribution is 2.25. The standard InChI is InChI=1S/C19H25N3O6/c1-6-26-13(4)18-20-15(28-21-18)9-22(5)19(25)14-7-11(2)17(12(3)8-14)27-10-16(23)24/h7-8,13H,6,9-10H2,1-5H3,(H,23,24). The number of carboxylic acids is 1. The van der Waals surface area contributed by atoms with Crippen molar-refractivity contribution in [3.63, 3.8) is 0 Å². The maximum atomic E-state index is 12.8. The average molecular weight is 391 g/mol. The fraction of sp³-hybridized carbons (Fsp3) is 0.474. The molecule has 1 N–H and O–H groups in total. The molecule has 0 spiro atoms. The molecule has 1 aromatic heterocycles. The van der Waals surface area contributed by atoms with Crippen molar-refractivity contribution < 1.29 is 28.7 Å². The molecule has 2 aromatic rings. The van der Waals surface area contributed by atoms with Crippen molar-refractivity contribution in [2.75, 3.05) is 20.3 Å². The van der Waals surface area contributed by atoms with E-state index in [9.17, 15) is 9.59 Å². The first-order chi connectivity index (χ1) is 13.2. The van der Waals surface area contributed by atoms with E-state index in [0.29, 0.717) is 40.8 Å². The topological polar surface area (TPSA) is 115 Å². The molecule has 1 unspecified atom stereocenters. The monoisotopic (exact) mass is 391 g/mol. The predicted octanol–water partition coefficient (Wildman–Crippen LogP) is 2.52. The number of hydrogen-bond donors (Lipinski definition) is 1. The van der Waals surface area contributed by atoms with Crippen molar-refractivity contribution in [2.45, 2.75) is 40.3 Å². The van der Waals surface area contributed by atoms with Gasteiger partial charge < -0.3 is 24.0 Å². The number of carbonyl (C=O) groups excluding carboxylic acids is 1. The van der Waals surface area contributed by atoms with E-state index in [1.165, 1.54) is 4.90 Å². The van der Waals surface area contributed by atoms with Crippen LogP contribution < -0.4 is 4.74 Å². The second-order valence-corrected chi connectivity index (χ2v) is 6.43. The number of amides is 1. The third-order valence-corrected chi connectivity index (χ3v) is 4.03. The van der Waals surface area contributed by atoms with Crippen LogP contribution in [-0.2, 0) is 16.1 Å². The van der Waals surface area contributed by atoms with Gasteiger partial charge in [-0.15, -0.1) is 0 Å². The molecule has 0 bridgehead atoms. The van der Waals surface area contributed by atoms with Gasteiger partial charge in [-0.3, -0.25) is 4.79 Å². The molecule has 1 atom stereocenters. The summed E-state index contributed by atoms with van der Waals surface area (Å²) in [6, 6.07) is 3.33. The van der Waals surface area contributed by atoms with Gasteiger partial charge in [0.15, 0.2) is 12.4 Å². The Morgan fingerprint density at radius 1 is 1.29 bits per heavy atom. The lowest BCUT2D eigenvalue weighted by molar-refractivity contribution is -0.139. The largest absolute Gasteiger partial charge is 0.481 e. The Morgan fingerprint density at radius 3 is 2.50 bits per heavy atom. The molecule has 0 fully saturated rings. The number of carboxylic acid groups (broad SMARTS) is 1. The van der Waals surface area contributed by atoms with Crippen LogP contribution in [0.1, 0.15) is 53.2 Å². The molecule has 1 heterocycles. The van der Waals surface area contributed by atoms with Gasteiger partial charge in [-0.05, 0) is 51.0 Å². The van der Waals surface area contributed by atoms with E-state index >= 15 is 0 Å². The van der Waals surface area contributed by atoms with Crippen molar-refractivity contribution in [2.24, 2.45) is 0 Å². The summed E-state index contributed by atoms with van der Waals surface area (Å²) < 4.78 is 15.9. The van der Waals surface area contributed by atoms with Crippen molar-refractivity contribution in [1.29, 1.82) is 0 Å². The quantitative estimate of drug-likeness (QED) is 0.693. The molecule has 0 aliphatic heterocycles. The van der Waals surface area contributed by atoms with Gasteiger partial charge in [-0.25, -0.2) is 4.79 Å². The van der Waals surface area contributed by atoms with Crippen LogP contribution in [0.15, 0.2) is 16.7 Å². The fourth-order valence-corrected chi connectivity index (χ4v) is 2.75. The summed E-state index contributed by atoms with van der Waals surface area (Å²) in [5, 5.41) is 12.6. The Bertz CT molecular complexity index is 825. The first-order valence-electron chi connectivity index (χ1n) is 8.88. The van der Waals surface area contributed by atoms with Crippen molar-refractivity contribution in [3.8, 4) is 5.75 Å². The van der Waals surface area contributed by atoms with Crippen LogP contribution >= 0.6 is 0 Å². The first kappa shape index (κ1) is 21.4. The minimum atomic E-state index is -1.06. The van der Waals surface area contributed by atoms with Crippen LogP contribution in [-0.4, -0.2) is 52.3 Å². The van der Waals surface area contributed by atoms with Gasteiger partial charge in [0.25, 0.3) is 5.91 Å². The number of rotatable bonds is 9. The molecular formula is C19H25N3O6. The zero-order valence-electron chi connectivity index (χ0n) is 16.7. The smallest absolute Gasteiger partial charge is 0.341 e.